The van der Waals surface area contributed by atoms with Crippen LogP contribution in [0.1, 0.15) is 69.8 Å². The van der Waals surface area contributed by atoms with E-state index in [1.165, 1.54) is 23.1 Å². The van der Waals surface area contributed by atoms with Gasteiger partial charge in [-0.3, -0.25) is 4.79 Å². The van der Waals surface area contributed by atoms with Gasteiger partial charge in [0.05, 0.1) is 11.4 Å². The van der Waals surface area contributed by atoms with Gasteiger partial charge in [-0.2, -0.15) is 0 Å². The van der Waals surface area contributed by atoms with E-state index < -0.39 is 0 Å². The second kappa shape index (κ2) is 10.3. The molecule has 0 aliphatic heterocycles. The van der Waals surface area contributed by atoms with Crippen molar-refractivity contribution in [2.45, 2.75) is 64.8 Å². The molecule has 1 unspecified atom stereocenters. The van der Waals surface area contributed by atoms with E-state index in [1.54, 1.807) is 0 Å². The fourth-order valence-corrected chi connectivity index (χ4v) is 4.73. The van der Waals surface area contributed by atoms with Gasteiger partial charge >= 0.3 is 0 Å². The van der Waals surface area contributed by atoms with Gasteiger partial charge < -0.3 is 14.6 Å². The lowest BCUT2D eigenvalue weighted by Gasteiger charge is -2.21. The van der Waals surface area contributed by atoms with Crippen LogP contribution >= 0.6 is 23.1 Å². The Morgan fingerprint density at radius 1 is 1.19 bits per heavy atom. The van der Waals surface area contributed by atoms with Crippen LogP contribution in [0, 0.1) is 6.92 Å². The standard InChI is InChI=1S/C22H29N5O2S2/c1-13(2)17-9-7-8-10-18(17)29-16(6)20-25-26-22(27(20)14(3)4)31-12-19(28)24-21-23-15(5)11-30-21/h7-11,13-14,16H,12H2,1-6H3,(H,23,24,28). The van der Waals surface area contributed by atoms with Crippen molar-refractivity contribution in [1.29, 1.82) is 0 Å². The van der Waals surface area contributed by atoms with Crippen molar-refractivity contribution in [1.82, 2.24) is 19.7 Å². The Bertz CT molecular complexity index is 1030. The van der Waals surface area contributed by atoms with E-state index in [0.717, 1.165) is 22.8 Å². The normalized spacial score (nSPS) is 12.4. The number of thiazole rings is 1. The molecule has 0 saturated heterocycles. The van der Waals surface area contributed by atoms with E-state index in [0.29, 0.717) is 16.2 Å². The first kappa shape index (κ1) is 23.3. The summed E-state index contributed by atoms with van der Waals surface area (Å²) in [6.07, 6.45) is -0.281. The summed E-state index contributed by atoms with van der Waals surface area (Å²) < 4.78 is 8.32. The minimum atomic E-state index is -0.281. The molecule has 1 aromatic carbocycles. The minimum Gasteiger partial charge on any atom is -0.482 e. The van der Waals surface area contributed by atoms with Crippen molar-refractivity contribution in [3.05, 3.63) is 46.7 Å². The van der Waals surface area contributed by atoms with Crippen molar-refractivity contribution >= 4 is 34.1 Å². The Labute approximate surface area is 191 Å². The number of ether oxygens (including phenoxy) is 1. The Hall–Kier alpha value is -2.39. The van der Waals surface area contributed by atoms with E-state index in [-0.39, 0.29) is 23.8 Å². The molecule has 7 nitrogen and oxygen atoms in total. The lowest BCUT2D eigenvalue weighted by atomic mass is 10.0. The van der Waals surface area contributed by atoms with Crippen LogP contribution in [0.2, 0.25) is 0 Å². The number of rotatable bonds is 9. The molecular formula is C22H29N5O2S2. The number of benzene rings is 1. The summed E-state index contributed by atoms with van der Waals surface area (Å²) >= 11 is 2.78. The molecule has 31 heavy (non-hydrogen) atoms. The molecule has 2 heterocycles. The number of amides is 1. The molecular weight excluding hydrogens is 430 g/mol. The van der Waals surface area contributed by atoms with Crippen LogP contribution in [0.3, 0.4) is 0 Å². The van der Waals surface area contributed by atoms with Gasteiger partial charge in [0.15, 0.2) is 22.2 Å². The third-order valence-electron chi connectivity index (χ3n) is 4.61. The summed E-state index contributed by atoms with van der Waals surface area (Å²) in [5.74, 6) is 2.07. The van der Waals surface area contributed by atoms with Crippen LogP contribution in [0.5, 0.6) is 5.75 Å². The number of aromatic nitrogens is 4. The van der Waals surface area contributed by atoms with Gasteiger partial charge in [-0.05, 0) is 45.2 Å². The van der Waals surface area contributed by atoms with Gasteiger partial charge in [0.1, 0.15) is 5.75 Å². The predicted molar refractivity (Wildman–Crippen MR) is 126 cm³/mol. The number of nitrogens with zero attached hydrogens (tertiary/aromatic N) is 4. The van der Waals surface area contributed by atoms with Crippen LogP contribution in [-0.2, 0) is 4.79 Å². The van der Waals surface area contributed by atoms with E-state index in [2.05, 4.69) is 54.3 Å². The van der Waals surface area contributed by atoms with Gasteiger partial charge in [0.25, 0.3) is 0 Å². The number of hydrogen-bond donors (Lipinski definition) is 1. The molecule has 166 valence electrons. The number of aryl methyl sites for hydroxylation is 1. The lowest BCUT2D eigenvalue weighted by molar-refractivity contribution is -0.113. The van der Waals surface area contributed by atoms with E-state index >= 15 is 0 Å². The van der Waals surface area contributed by atoms with Crippen LogP contribution in [-0.4, -0.2) is 31.4 Å². The average Bonchev–Trinajstić information content (AvgIpc) is 3.32. The fraction of sp³-hybridized carbons (Fsp3) is 0.455. The first-order chi connectivity index (χ1) is 14.8. The average molecular weight is 460 g/mol. The fourth-order valence-electron chi connectivity index (χ4n) is 3.15. The smallest absolute Gasteiger partial charge is 0.236 e. The molecule has 0 aliphatic carbocycles. The predicted octanol–water partition coefficient (Wildman–Crippen LogP) is 5.62. The van der Waals surface area contributed by atoms with E-state index in [4.69, 9.17) is 4.74 Å². The zero-order chi connectivity index (χ0) is 22.5. The Morgan fingerprint density at radius 2 is 1.94 bits per heavy atom. The summed E-state index contributed by atoms with van der Waals surface area (Å²) in [5.41, 5.74) is 2.05. The molecule has 1 N–H and O–H groups in total. The third-order valence-corrected chi connectivity index (χ3v) is 6.43. The summed E-state index contributed by atoms with van der Waals surface area (Å²) in [6.45, 7) is 12.3. The highest BCUT2D eigenvalue weighted by Crippen LogP contribution is 2.31. The highest BCUT2D eigenvalue weighted by atomic mass is 32.2. The molecule has 0 radical (unpaired) electrons. The Kier molecular flexibility index (Phi) is 7.72. The number of anilines is 1. The molecule has 0 saturated carbocycles. The summed E-state index contributed by atoms with van der Waals surface area (Å²) in [5, 5.41) is 14.8. The molecule has 9 heteroatoms. The lowest BCUT2D eigenvalue weighted by Crippen LogP contribution is -2.17. The number of hydrogen-bond acceptors (Lipinski definition) is 7. The summed E-state index contributed by atoms with van der Waals surface area (Å²) in [7, 11) is 0. The maximum absolute atomic E-state index is 12.3. The monoisotopic (exact) mass is 459 g/mol. The second-order valence-electron chi connectivity index (χ2n) is 7.89. The first-order valence-electron chi connectivity index (χ1n) is 10.3. The van der Waals surface area contributed by atoms with Crippen molar-refractivity contribution in [2.24, 2.45) is 0 Å². The zero-order valence-electron chi connectivity index (χ0n) is 18.7. The first-order valence-corrected chi connectivity index (χ1v) is 12.2. The van der Waals surface area contributed by atoms with Crippen molar-refractivity contribution < 1.29 is 9.53 Å². The van der Waals surface area contributed by atoms with Crippen LogP contribution in [0.15, 0.2) is 34.8 Å². The molecule has 1 amide bonds. The largest absolute Gasteiger partial charge is 0.482 e. The van der Waals surface area contributed by atoms with Gasteiger partial charge in [-0.15, -0.1) is 21.5 Å². The molecule has 0 aliphatic rings. The molecule has 1 atom stereocenters. The van der Waals surface area contributed by atoms with Crippen molar-refractivity contribution in [2.75, 3.05) is 11.1 Å². The molecule has 0 fully saturated rings. The van der Waals surface area contributed by atoms with Crippen molar-refractivity contribution in [3.63, 3.8) is 0 Å². The van der Waals surface area contributed by atoms with Crippen molar-refractivity contribution in [3.8, 4) is 5.75 Å². The SMILES string of the molecule is Cc1csc(NC(=O)CSc2nnc(C(C)Oc3ccccc3C(C)C)n2C(C)C)n1. The van der Waals surface area contributed by atoms with Gasteiger partial charge in [0.2, 0.25) is 5.91 Å². The Morgan fingerprint density at radius 3 is 2.58 bits per heavy atom. The number of nitrogens with one attached hydrogen (secondary N) is 1. The number of para-hydroxylation sites is 1. The molecule has 3 rings (SSSR count). The number of thioether (sulfide) groups is 1. The van der Waals surface area contributed by atoms with Crippen LogP contribution < -0.4 is 10.1 Å². The topological polar surface area (TPSA) is 81.9 Å². The molecule has 0 spiro atoms. The van der Waals surface area contributed by atoms with Gasteiger partial charge in [-0.25, -0.2) is 4.98 Å². The highest BCUT2D eigenvalue weighted by molar-refractivity contribution is 7.99. The third kappa shape index (κ3) is 5.86. The molecule has 2 aromatic heterocycles. The van der Waals surface area contributed by atoms with Gasteiger partial charge in [-0.1, -0.05) is 43.8 Å². The highest BCUT2D eigenvalue weighted by Gasteiger charge is 2.23. The van der Waals surface area contributed by atoms with Crippen LogP contribution in [0.4, 0.5) is 5.13 Å². The number of carbonyl (C=O) groups is 1. The summed E-state index contributed by atoms with van der Waals surface area (Å²) in [4.78, 5) is 16.6. The Balaban J connectivity index is 1.72. The quantitative estimate of drug-likeness (QED) is 0.418. The van der Waals surface area contributed by atoms with E-state index in [9.17, 15) is 4.79 Å². The number of carbonyl (C=O) groups excluding carboxylic acids is 1. The second-order valence-corrected chi connectivity index (χ2v) is 9.69. The van der Waals surface area contributed by atoms with Gasteiger partial charge in [0, 0.05) is 11.4 Å². The maximum atomic E-state index is 12.3. The minimum absolute atomic E-state index is 0.116. The van der Waals surface area contributed by atoms with E-state index in [1.807, 2.05) is 42.0 Å². The summed E-state index contributed by atoms with van der Waals surface area (Å²) in [6, 6.07) is 8.20. The zero-order valence-corrected chi connectivity index (χ0v) is 20.4. The van der Waals surface area contributed by atoms with Crippen LogP contribution in [0.25, 0.3) is 0 Å². The molecule has 0 bridgehead atoms. The maximum Gasteiger partial charge on any atom is 0.236 e. The molecule has 3 aromatic rings.